The monoisotopic (exact) mass is 392 g/mol. The highest BCUT2D eigenvalue weighted by Crippen LogP contribution is 2.38. The lowest BCUT2D eigenvalue weighted by atomic mass is 9.85. The predicted molar refractivity (Wildman–Crippen MR) is 89.6 cm³/mol. The minimum atomic E-state index is -3.63. The van der Waals surface area contributed by atoms with Gasteiger partial charge in [0.1, 0.15) is 0 Å². The van der Waals surface area contributed by atoms with Gasteiger partial charge >= 0.3 is 0 Å². The Bertz CT molecular complexity index is 574. The molecule has 0 N–H and O–H groups in total. The van der Waals surface area contributed by atoms with Gasteiger partial charge in [0.25, 0.3) is 0 Å². The molecule has 3 nitrogen and oxygen atoms in total. The molecule has 0 spiro atoms. The van der Waals surface area contributed by atoms with E-state index in [4.69, 9.17) is 50.2 Å². The summed E-state index contributed by atoms with van der Waals surface area (Å²) in [5, 5.41) is 0.961. The number of hydrogen-bond donors (Lipinski definition) is 0. The van der Waals surface area contributed by atoms with Gasteiger partial charge in [-0.15, -0.1) is 0 Å². The molecule has 21 heavy (non-hydrogen) atoms. The Morgan fingerprint density at radius 3 is 1.95 bits per heavy atom. The van der Waals surface area contributed by atoms with Crippen molar-refractivity contribution in [3.05, 3.63) is 27.2 Å². The van der Waals surface area contributed by atoms with E-state index in [1.807, 2.05) is 13.8 Å². The molecule has 0 aliphatic heterocycles. The number of halogens is 4. The molecule has 0 atom stereocenters. The van der Waals surface area contributed by atoms with Crippen molar-refractivity contribution in [1.82, 2.24) is 0 Å². The van der Waals surface area contributed by atoms with Crippen LogP contribution in [0.4, 0.5) is 0 Å². The van der Waals surface area contributed by atoms with E-state index in [-0.39, 0.29) is 22.4 Å². The van der Waals surface area contributed by atoms with Crippen molar-refractivity contribution in [3.63, 3.8) is 0 Å². The van der Waals surface area contributed by atoms with E-state index in [1.165, 1.54) is 12.1 Å². The van der Waals surface area contributed by atoms with E-state index in [0.29, 0.717) is 23.6 Å². The van der Waals surface area contributed by atoms with E-state index in [0.717, 1.165) is 0 Å². The lowest BCUT2D eigenvalue weighted by Crippen LogP contribution is -2.33. The first-order chi connectivity index (χ1) is 9.62. The lowest BCUT2D eigenvalue weighted by molar-refractivity contribution is 0.155. The maximum absolute atomic E-state index is 11.4. The van der Waals surface area contributed by atoms with E-state index < -0.39 is 14.5 Å². The fourth-order valence-electron chi connectivity index (χ4n) is 1.96. The first-order valence-electron chi connectivity index (χ1n) is 6.32. The molecule has 0 radical (unpaired) electrons. The molecule has 1 rings (SSSR count). The smallest absolute Gasteiger partial charge is 0.233 e. The van der Waals surface area contributed by atoms with Crippen molar-refractivity contribution < 1.29 is 13.2 Å². The van der Waals surface area contributed by atoms with Gasteiger partial charge in [-0.05, 0) is 25.0 Å². The number of hydrogen-bond acceptors (Lipinski definition) is 3. The van der Waals surface area contributed by atoms with Crippen LogP contribution in [0.2, 0.25) is 15.1 Å². The van der Waals surface area contributed by atoms with Crippen LogP contribution in [-0.4, -0.2) is 20.8 Å². The fourth-order valence-corrected chi connectivity index (χ4v) is 4.80. The molecule has 0 unspecified atom stereocenters. The Hall–Kier alpha value is 0.130. The maximum atomic E-state index is 11.4. The SMILES string of the molecule is CCC(CC)(COc1c(Cl)cc(Cl)cc1Cl)CS(=O)(=O)Cl. The largest absolute Gasteiger partial charge is 0.490 e. The third-order valence-corrected chi connectivity index (χ3v) is 5.53. The van der Waals surface area contributed by atoms with Crippen LogP contribution in [-0.2, 0) is 9.05 Å². The molecule has 0 aliphatic rings. The van der Waals surface area contributed by atoms with Crippen LogP contribution in [0.3, 0.4) is 0 Å². The molecule has 120 valence electrons. The molecule has 0 aromatic heterocycles. The summed E-state index contributed by atoms with van der Waals surface area (Å²) >= 11 is 17.9. The zero-order valence-electron chi connectivity index (χ0n) is 11.6. The minimum Gasteiger partial charge on any atom is -0.490 e. The van der Waals surface area contributed by atoms with Gasteiger partial charge in [-0.25, -0.2) is 8.42 Å². The highest BCUT2D eigenvalue weighted by Gasteiger charge is 2.33. The third-order valence-electron chi connectivity index (χ3n) is 3.46. The Morgan fingerprint density at radius 1 is 1.10 bits per heavy atom. The van der Waals surface area contributed by atoms with Gasteiger partial charge in [-0.2, -0.15) is 0 Å². The average Bonchev–Trinajstić information content (AvgIpc) is 2.34. The molecule has 0 heterocycles. The van der Waals surface area contributed by atoms with E-state index >= 15 is 0 Å². The van der Waals surface area contributed by atoms with Crippen LogP contribution in [0.15, 0.2) is 12.1 Å². The highest BCUT2D eigenvalue weighted by molar-refractivity contribution is 8.13. The average molecular weight is 394 g/mol. The molecule has 0 bridgehead atoms. The summed E-state index contributed by atoms with van der Waals surface area (Å²) in [6.45, 7) is 3.92. The van der Waals surface area contributed by atoms with Crippen molar-refractivity contribution >= 4 is 54.5 Å². The van der Waals surface area contributed by atoms with Gasteiger partial charge in [-0.1, -0.05) is 48.7 Å². The second-order valence-corrected chi connectivity index (χ2v) is 8.91. The second-order valence-electron chi connectivity index (χ2n) is 4.88. The van der Waals surface area contributed by atoms with Gasteiger partial charge in [-0.3, -0.25) is 0 Å². The summed E-state index contributed by atoms with van der Waals surface area (Å²) in [7, 11) is 1.75. The Kier molecular flexibility index (Phi) is 6.94. The summed E-state index contributed by atoms with van der Waals surface area (Å²) in [6.07, 6.45) is 1.19. The quantitative estimate of drug-likeness (QED) is 0.582. The molecule has 8 heteroatoms. The standard InChI is InChI=1S/C13H16Cl4O3S/c1-3-13(4-2,8-21(17,18)19)7-20-12-10(15)5-9(14)6-11(12)16/h5-6H,3-4,7-8H2,1-2H3. The molecule has 1 aromatic carbocycles. The minimum absolute atomic E-state index is 0.146. The van der Waals surface area contributed by atoms with Crippen LogP contribution >= 0.6 is 45.5 Å². The Morgan fingerprint density at radius 2 is 1.57 bits per heavy atom. The van der Waals surface area contributed by atoms with Crippen LogP contribution in [0.5, 0.6) is 5.75 Å². The maximum Gasteiger partial charge on any atom is 0.233 e. The molecule has 1 aromatic rings. The fraction of sp³-hybridized carbons (Fsp3) is 0.538. The van der Waals surface area contributed by atoms with E-state index in [2.05, 4.69) is 0 Å². The van der Waals surface area contributed by atoms with E-state index in [1.54, 1.807) is 0 Å². The van der Waals surface area contributed by atoms with Crippen LogP contribution in [0.25, 0.3) is 0 Å². The van der Waals surface area contributed by atoms with Gasteiger partial charge in [0, 0.05) is 21.1 Å². The molecule has 0 saturated heterocycles. The lowest BCUT2D eigenvalue weighted by Gasteiger charge is -2.30. The first kappa shape index (κ1) is 19.2. The molecular formula is C13H16Cl4O3S. The third kappa shape index (κ3) is 5.68. The summed E-state index contributed by atoms with van der Waals surface area (Å²) in [4.78, 5) is 0. The van der Waals surface area contributed by atoms with Crippen LogP contribution in [0, 0.1) is 5.41 Å². The second kappa shape index (κ2) is 7.60. The number of ether oxygens (including phenoxy) is 1. The summed E-state index contributed by atoms with van der Waals surface area (Å²) in [6, 6.07) is 3.03. The zero-order valence-corrected chi connectivity index (χ0v) is 15.5. The molecule has 0 aliphatic carbocycles. The Labute approximate surface area is 144 Å². The molecule has 0 saturated carbocycles. The topological polar surface area (TPSA) is 43.4 Å². The van der Waals surface area contributed by atoms with Gasteiger partial charge in [0.05, 0.1) is 22.4 Å². The summed E-state index contributed by atoms with van der Waals surface area (Å²) in [5.74, 6) is 0.123. The highest BCUT2D eigenvalue weighted by atomic mass is 35.7. The van der Waals surface area contributed by atoms with E-state index in [9.17, 15) is 8.42 Å². The molecule has 0 amide bonds. The van der Waals surface area contributed by atoms with Gasteiger partial charge < -0.3 is 4.74 Å². The van der Waals surface area contributed by atoms with Crippen molar-refractivity contribution in [2.75, 3.05) is 12.4 Å². The first-order valence-corrected chi connectivity index (χ1v) is 9.93. The number of rotatable bonds is 7. The zero-order chi connectivity index (χ0) is 16.3. The molecule has 0 fully saturated rings. The summed E-state index contributed by atoms with van der Waals surface area (Å²) in [5.41, 5.74) is -0.590. The van der Waals surface area contributed by atoms with Crippen LogP contribution < -0.4 is 4.74 Å². The van der Waals surface area contributed by atoms with Gasteiger partial charge in [0.2, 0.25) is 9.05 Å². The Balaban J connectivity index is 2.98. The number of benzene rings is 1. The van der Waals surface area contributed by atoms with Crippen LogP contribution in [0.1, 0.15) is 26.7 Å². The van der Waals surface area contributed by atoms with Crippen molar-refractivity contribution in [3.8, 4) is 5.75 Å². The van der Waals surface area contributed by atoms with Crippen molar-refractivity contribution in [1.29, 1.82) is 0 Å². The normalized spacial score (nSPS) is 12.5. The van der Waals surface area contributed by atoms with Gasteiger partial charge in [0.15, 0.2) is 5.75 Å². The summed E-state index contributed by atoms with van der Waals surface area (Å²) < 4.78 is 28.5. The van der Waals surface area contributed by atoms with Crippen molar-refractivity contribution in [2.45, 2.75) is 26.7 Å². The van der Waals surface area contributed by atoms with Crippen molar-refractivity contribution in [2.24, 2.45) is 5.41 Å². The molecular weight excluding hydrogens is 378 g/mol. The predicted octanol–water partition coefficient (Wildman–Crippen LogP) is 5.40.